The first-order valence-corrected chi connectivity index (χ1v) is 6.54. The minimum Gasteiger partial charge on any atom is -0.389 e. The predicted octanol–water partition coefficient (Wildman–Crippen LogP) is 3.13. The van der Waals surface area contributed by atoms with Crippen LogP contribution in [0.1, 0.15) is 38.9 Å². The van der Waals surface area contributed by atoms with Gasteiger partial charge in [-0.05, 0) is 24.5 Å². The van der Waals surface area contributed by atoms with Crippen molar-refractivity contribution in [3.8, 4) is 0 Å². The summed E-state index contributed by atoms with van der Waals surface area (Å²) in [5.74, 6) is 0.473. The molecular formula is C14H22N2O3. The second-order valence-electron chi connectivity index (χ2n) is 5.08. The van der Waals surface area contributed by atoms with Crippen molar-refractivity contribution in [2.45, 2.75) is 33.3 Å². The van der Waals surface area contributed by atoms with Gasteiger partial charge in [-0.2, -0.15) is 0 Å². The number of nitrogens with zero attached hydrogens (tertiary/aromatic N) is 2. The molecule has 0 aliphatic heterocycles. The normalized spacial score (nSPS) is 13.9. The lowest BCUT2D eigenvalue weighted by Gasteiger charge is -2.23. The smallest absolute Gasteiger partial charge is 0.292 e. The number of aliphatic hydroxyl groups is 1. The highest BCUT2D eigenvalue weighted by atomic mass is 16.6. The van der Waals surface area contributed by atoms with Gasteiger partial charge in [0.05, 0.1) is 11.0 Å². The molecule has 0 amide bonds. The minimum atomic E-state index is -0.701. The molecule has 2 unspecified atom stereocenters. The monoisotopic (exact) mass is 266 g/mol. The molecule has 0 saturated heterocycles. The van der Waals surface area contributed by atoms with Crippen LogP contribution >= 0.6 is 0 Å². The van der Waals surface area contributed by atoms with E-state index in [0.717, 1.165) is 13.0 Å². The fourth-order valence-corrected chi connectivity index (χ4v) is 1.96. The summed E-state index contributed by atoms with van der Waals surface area (Å²) in [7, 11) is 1.86. The molecule has 5 heteroatoms. The van der Waals surface area contributed by atoms with Crippen LogP contribution in [0.5, 0.6) is 0 Å². The van der Waals surface area contributed by atoms with Gasteiger partial charge in [-0.25, -0.2) is 0 Å². The second kappa shape index (κ2) is 6.52. The Labute approximate surface area is 114 Å². The fourth-order valence-electron chi connectivity index (χ4n) is 1.96. The molecule has 1 aromatic carbocycles. The van der Waals surface area contributed by atoms with Gasteiger partial charge >= 0.3 is 0 Å². The first-order chi connectivity index (χ1) is 8.86. The highest BCUT2D eigenvalue weighted by molar-refractivity contribution is 5.64. The first-order valence-electron chi connectivity index (χ1n) is 6.54. The van der Waals surface area contributed by atoms with Gasteiger partial charge in [-0.1, -0.05) is 26.3 Å². The Morgan fingerprint density at radius 3 is 2.53 bits per heavy atom. The highest BCUT2D eigenvalue weighted by Gasteiger charge is 2.19. The molecule has 0 aliphatic carbocycles. The van der Waals surface area contributed by atoms with Crippen molar-refractivity contribution in [3.05, 3.63) is 33.9 Å². The Bertz CT molecular complexity index is 446. The van der Waals surface area contributed by atoms with Gasteiger partial charge in [0.25, 0.3) is 5.69 Å². The zero-order valence-electron chi connectivity index (χ0n) is 12.0. The topological polar surface area (TPSA) is 66.6 Å². The van der Waals surface area contributed by atoms with Crippen LogP contribution in [0.4, 0.5) is 11.4 Å². The van der Waals surface area contributed by atoms with E-state index in [9.17, 15) is 15.2 Å². The van der Waals surface area contributed by atoms with Crippen molar-refractivity contribution in [3.63, 3.8) is 0 Å². The average molecular weight is 266 g/mol. The number of anilines is 1. The minimum absolute atomic E-state index is 0.0456. The zero-order chi connectivity index (χ0) is 14.6. The van der Waals surface area contributed by atoms with Crippen LogP contribution in [0, 0.1) is 16.0 Å². The summed E-state index contributed by atoms with van der Waals surface area (Å²) in [4.78, 5) is 12.7. The number of nitro benzene ring substituents is 1. The molecule has 1 aromatic rings. The van der Waals surface area contributed by atoms with Crippen LogP contribution < -0.4 is 4.90 Å². The quantitative estimate of drug-likeness (QED) is 0.634. The summed E-state index contributed by atoms with van der Waals surface area (Å²) in [5, 5.41) is 20.7. The molecule has 1 N–H and O–H groups in total. The molecule has 2 atom stereocenters. The lowest BCUT2D eigenvalue weighted by molar-refractivity contribution is -0.384. The van der Waals surface area contributed by atoms with E-state index in [1.54, 1.807) is 19.1 Å². The Morgan fingerprint density at radius 1 is 1.42 bits per heavy atom. The highest BCUT2D eigenvalue weighted by Crippen LogP contribution is 2.31. The van der Waals surface area contributed by atoms with Crippen LogP contribution in [0.25, 0.3) is 0 Å². The van der Waals surface area contributed by atoms with E-state index in [1.807, 2.05) is 11.9 Å². The van der Waals surface area contributed by atoms with Crippen molar-refractivity contribution in [1.82, 2.24) is 0 Å². The van der Waals surface area contributed by atoms with Gasteiger partial charge in [-0.15, -0.1) is 0 Å². The Kier molecular flexibility index (Phi) is 5.30. The lowest BCUT2D eigenvalue weighted by atomic mass is 10.1. The zero-order valence-corrected chi connectivity index (χ0v) is 12.0. The van der Waals surface area contributed by atoms with E-state index in [0.29, 0.717) is 17.2 Å². The fraction of sp³-hybridized carbons (Fsp3) is 0.571. The number of aliphatic hydroxyl groups excluding tert-OH is 1. The number of hydrogen-bond acceptors (Lipinski definition) is 4. The molecule has 0 aromatic heterocycles. The number of nitro groups is 1. The van der Waals surface area contributed by atoms with Gasteiger partial charge in [0.1, 0.15) is 5.69 Å². The van der Waals surface area contributed by atoms with E-state index in [2.05, 4.69) is 13.8 Å². The van der Waals surface area contributed by atoms with Crippen LogP contribution in [0.15, 0.2) is 18.2 Å². The largest absolute Gasteiger partial charge is 0.389 e. The molecule has 106 valence electrons. The number of hydrogen-bond donors (Lipinski definition) is 1. The van der Waals surface area contributed by atoms with Crippen molar-refractivity contribution in [2.24, 2.45) is 5.92 Å². The molecule has 0 bridgehead atoms. The maximum Gasteiger partial charge on any atom is 0.292 e. The molecular weight excluding hydrogens is 244 g/mol. The van der Waals surface area contributed by atoms with Crippen molar-refractivity contribution in [2.75, 3.05) is 18.5 Å². The maximum absolute atomic E-state index is 11.2. The lowest BCUT2D eigenvalue weighted by Crippen LogP contribution is -2.24. The van der Waals surface area contributed by atoms with E-state index in [1.165, 1.54) is 6.07 Å². The molecule has 0 saturated carbocycles. The molecule has 19 heavy (non-hydrogen) atoms. The Hall–Kier alpha value is -1.62. The first kappa shape index (κ1) is 15.4. The van der Waals surface area contributed by atoms with Crippen LogP contribution in [0.2, 0.25) is 0 Å². The van der Waals surface area contributed by atoms with E-state index < -0.39 is 11.0 Å². The molecule has 0 heterocycles. The summed E-state index contributed by atoms with van der Waals surface area (Å²) in [6, 6.07) is 4.90. The van der Waals surface area contributed by atoms with Crippen LogP contribution in [-0.4, -0.2) is 23.6 Å². The third kappa shape index (κ3) is 3.92. The van der Waals surface area contributed by atoms with Gasteiger partial charge in [0, 0.05) is 19.7 Å². The SMILES string of the molecule is CCC(C)CN(C)c1ccc(C(C)O)cc1[N+](=O)[O-]. The molecule has 1 rings (SSSR count). The number of rotatable bonds is 6. The predicted molar refractivity (Wildman–Crippen MR) is 76.5 cm³/mol. The van der Waals surface area contributed by atoms with Gasteiger partial charge < -0.3 is 10.0 Å². The Balaban J connectivity index is 3.09. The third-order valence-corrected chi connectivity index (χ3v) is 3.37. The molecule has 0 aliphatic rings. The van der Waals surface area contributed by atoms with E-state index >= 15 is 0 Å². The summed E-state index contributed by atoms with van der Waals surface area (Å²) in [5.41, 5.74) is 1.20. The second-order valence-corrected chi connectivity index (χ2v) is 5.08. The standard InChI is InChI=1S/C14H22N2O3/c1-5-10(2)9-15(4)13-7-6-12(11(3)17)8-14(13)16(18)19/h6-8,10-11,17H,5,9H2,1-4H3. The average Bonchev–Trinajstić information content (AvgIpc) is 2.37. The summed E-state index contributed by atoms with van der Waals surface area (Å²) in [6.07, 6.45) is 0.330. The van der Waals surface area contributed by atoms with Crippen molar-refractivity contribution < 1.29 is 10.0 Å². The summed E-state index contributed by atoms with van der Waals surface area (Å²) < 4.78 is 0. The van der Waals surface area contributed by atoms with Crippen molar-refractivity contribution in [1.29, 1.82) is 0 Å². The summed E-state index contributed by atoms with van der Waals surface area (Å²) in [6.45, 7) is 6.59. The molecule has 0 radical (unpaired) electrons. The molecule has 5 nitrogen and oxygen atoms in total. The van der Waals surface area contributed by atoms with E-state index in [-0.39, 0.29) is 5.69 Å². The Morgan fingerprint density at radius 2 is 2.05 bits per heavy atom. The van der Waals surface area contributed by atoms with Crippen LogP contribution in [0.3, 0.4) is 0 Å². The summed E-state index contributed by atoms with van der Waals surface area (Å²) >= 11 is 0. The van der Waals surface area contributed by atoms with Crippen molar-refractivity contribution >= 4 is 11.4 Å². The van der Waals surface area contributed by atoms with E-state index in [4.69, 9.17) is 0 Å². The van der Waals surface area contributed by atoms with Crippen LogP contribution in [-0.2, 0) is 0 Å². The maximum atomic E-state index is 11.2. The molecule has 0 fully saturated rings. The molecule has 0 spiro atoms. The van der Waals surface area contributed by atoms with Gasteiger partial charge in [-0.3, -0.25) is 10.1 Å². The number of benzene rings is 1. The van der Waals surface area contributed by atoms with Gasteiger partial charge in [0.15, 0.2) is 0 Å². The van der Waals surface area contributed by atoms with Gasteiger partial charge in [0.2, 0.25) is 0 Å². The third-order valence-electron chi connectivity index (χ3n) is 3.37.